The molecule has 4 heteroatoms. The first kappa shape index (κ1) is 12.1. The lowest BCUT2D eigenvalue weighted by Crippen LogP contribution is -2.10. The fraction of sp³-hybridized carbons (Fsp3) is 0.143. The monoisotopic (exact) mass is 242 g/mol. The smallest absolute Gasteiger partial charge is 0.225 e. The molecule has 0 radical (unpaired) electrons. The Morgan fingerprint density at radius 1 is 1.17 bits per heavy atom. The van der Waals surface area contributed by atoms with E-state index in [0.717, 1.165) is 5.75 Å². The van der Waals surface area contributed by atoms with Gasteiger partial charge >= 0.3 is 0 Å². The lowest BCUT2D eigenvalue weighted by atomic mass is 10.3. The van der Waals surface area contributed by atoms with Gasteiger partial charge in [0.25, 0.3) is 0 Å². The minimum absolute atomic E-state index is 0.0563. The maximum atomic E-state index is 11.2. The number of carbonyl (C=O) groups is 1. The van der Waals surface area contributed by atoms with Crippen LogP contribution in [0.15, 0.2) is 48.7 Å². The molecular weight excluding hydrogens is 228 g/mol. The highest BCUT2D eigenvalue weighted by Crippen LogP contribution is 2.20. The van der Waals surface area contributed by atoms with E-state index in [-0.39, 0.29) is 5.91 Å². The van der Waals surface area contributed by atoms with E-state index in [4.69, 9.17) is 4.74 Å². The largest absolute Gasteiger partial charge is 0.456 e. The average molecular weight is 242 g/mol. The van der Waals surface area contributed by atoms with E-state index < -0.39 is 0 Å². The minimum Gasteiger partial charge on any atom is -0.456 e. The molecule has 0 spiro atoms. The molecule has 0 unspecified atom stereocenters. The molecule has 2 aromatic rings. The van der Waals surface area contributed by atoms with Gasteiger partial charge < -0.3 is 10.1 Å². The Morgan fingerprint density at radius 2 is 1.94 bits per heavy atom. The van der Waals surface area contributed by atoms with Crippen molar-refractivity contribution >= 4 is 11.7 Å². The number of ether oxygens (including phenoxy) is 1. The molecule has 0 aliphatic carbocycles. The van der Waals surface area contributed by atoms with E-state index in [2.05, 4.69) is 10.3 Å². The molecule has 1 aromatic carbocycles. The number of hydrogen-bond acceptors (Lipinski definition) is 3. The zero-order valence-electron chi connectivity index (χ0n) is 10.1. The SMILES string of the molecule is CCC(=O)Nc1ccc(Oc2ccccc2)cn1. The van der Waals surface area contributed by atoms with Crippen molar-refractivity contribution in [3.8, 4) is 11.5 Å². The summed E-state index contributed by atoms with van der Waals surface area (Å²) in [6.45, 7) is 1.79. The lowest BCUT2D eigenvalue weighted by molar-refractivity contribution is -0.115. The van der Waals surface area contributed by atoms with Gasteiger partial charge in [0.2, 0.25) is 5.91 Å². The molecule has 0 fully saturated rings. The highest BCUT2D eigenvalue weighted by Gasteiger charge is 2.01. The summed E-state index contributed by atoms with van der Waals surface area (Å²) in [5.41, 5.74) is 0. The molecule has 0 saturated carbocycles. The molecule has 0 atom stereocenters. The van der Waals surface area contributed by atoms with Crippen molar-refractivity contribution in [3.05, 3.63) is 48.7 Å². The number of carbonyl (C=O) groups excluding carboxylic acids is 1. The van der Waals surface area contributed by atoms with E-state index in [1.165, 1.54) is 0 Å². The number of pyridine rings is 1. The van der Waals surface area contributed by atoms with Gasteiger partial charge in [-0.1, -0.05) is 25.1 Å². The highest BCUT2D eigenvalue weighted by atomic mass is 16.5. The van der Waals surface area contributed by atoms with Crippen LogP contribution in [-0.4, -0.2) is 10.9 Å². The van der Waals surface area contributed by atoms with E-state index in [0.29, 0.717) is 18.0 Å². The summed E-state index contributed by atoms with van der Waals surface area (Å²) < 4.78 is 5.59. The maximum Gasteiger partial charge on any atom is 0.225 e. The number of nitrogens with zero attached hydrogens (tertiary/aromatic N) is 1. The fourth-order valence-corrected chi connectivity index (χ4v) is 1.37. The van der Waals surface area contributed by atoms with Crippen LogP contribution < -0.4 is 10.1 Å². The summed E-state index contributed by atoms with van der Waals surface area (Å²) in [7, 11) is 0. The second-order valence-electron chi connectivity index (χ2n) is 3.70. The Balaban J connectivity index is 2.02. The van der Waals surface area contributed by atoms with Crippen LogP contribution in [0.5, 0.6) is 11.5 Å². The van der Waals surface area contributed by atoms with Gasteiger partial charge in [-0.2, -0.15) is 0 Å². The van der Waals surface area contributed by atoms with Crippen molar-refractivity contribution in [2.45, 2.75) is 13.3 Å². The molecule has 0 aliphatic rings. The van der Waals surface area contributed by atoms with E-state index >= 15 is 0 Å². The second kappa shape index (κ2) is 5.82. The number of nitrogens with one attached hydrogen (secondary N) is 1. The first-order chi connectivity index (χ1) is 8.78. The van der Waals surface area contributed by atoms with Gasteiger partial charge in [0, 0.05) is 6.42 Å². The van der Waals surface area contributed by atoms with Crippen LogP contribution in [0.25, 0.3) is 0 Å². The van der Waals surface area contributed by atoms with Crippen LogP contribution >= 0.6 is 0 Å². The van der Waals surface area contributed by atoms with Crippen molar-refractivity contribution in [3.63, 3.8) is 0 Å². The van der Waals surface area contributed by atoms with Gasteiger partial charge in [-0.15, -0.1) is 0 Å². The molecule has 1 heterocycles. The van der Waals surface area contributed by atoms with Crippen molar-refractivity contribution in [1.82, 2.24) is 4.98 Å². The number of rotatable bonds is 4. The Kier molecular flexibility index (Phi) is 3.91. The number of hydrogen-bond donors (Lipinski definition) is 1. The van der Waals surface area contributed by atoms with Crippen LogP contribution in [0.1, 0.15) is 13.3 Å². The van der Waals surface area contributed by atoms with Crippen LogP contribution in [-0.2, 0) is 4.79 Å². The molecule has 2 rings (SSSR count). The number of anilines is 1. The topological polar surface area (TPSA) is 51.2 Å². The summed E-state index contributed by atoms with van der Waals surface area (Å²) in [6, 6.07) is 12.9. The second-order valence-corrected chi connectivity index (χ2v) is 3.70. The normalized spacial score (nSPS) is 9.83. The number of para-hydroxylation sites is 1. The third kappa shape index (κ3) is 3.31. The minimum atomic E-state index is -0.0563. The molecule has 1 N–H and O–H groups in total. The molecule has 92 valence electrons. The predicted octanol–water partition coefficient (Wildman–Crippen LogP) is 3.22. The molecule has 0 bridgehead atoms. The van der Waals surface area contributed by atoms with Crippen molar-refractivity contribution in [1.29, 1.82) is 0 Å². The highest BCUT2D eigenvalue weighted by molar-refractivity contribution is 5.89. The molecule has 1 aromatic heterocycles. The standard InChI is InChI=1S/C14H14N2O2/c1-2-14(17)16-13-9-8-12(10-15-13)18-11-6-4-3-5-7-11/h3-10H,2H2,1H3,(H,15,16,17). The van der Waals surface area contributed by atoms with Crippen LogP contribution in [0.2, 0.25) is 0 Å². The number of aromatic nitrogens is 1. The van der Waals surface area contributed by atoms with Crippen LogP contribution in [0.3, 0.4) is 0 Å². The summed E-state index contributed by atoms with van der Waals surface area (Å²) in [5.74, 6) is 1.86. The predicted molar refractivity (Wildman–Crippen MR) is 69.7 cm³/mol. The number of benzene rings is 1. The third-order valence-electron chi connectivity index (χ3n) is 2.30. The maximum absolute atomic E-state index is 11.2. The van der Waals surface area contributed by atoms with Gasteiger partial charge in [0.15, 0.2) is 0 Å². The van der Waals surface area contributed by atoms with Gasteiger partial charge in [-0.25, -0.2) is 4.98 Å². The van der Waals surface area contributed by atoms with Crippen LogP contribution in [0, 0.1) is 0 Å². The van der Waals surface area contributed by atoms with Gasteiger partial charge in [0.1, 0.15) is 17.3 Å². The fourth-order valence-electron chi connectivity index (χ4n) is 1.37. The Hall–Kier alpha value is -2.36. The van der Waals surface area contributed by atoms with Crippen molar-refractivity contribution in [2.24, 2.45) is 0 Å². The van der Waals surface area contributed by atoms with Crippen LogP contribution in [0.4, 0.5) is 5.82 Å². The zero-order valence-corrected chi connectivity index (χ0v) is 10.1. The van der Waals surface area contributed by atoms with Crippen molar-refractivity contribution in [2.75, 3.05) is 5.32 Å². The Morgan fingerprint density at radius 3 is 2.56 bits per heavy atom. The van der Waals surface area contributed by atoms with Gasteiger partial charge in [-0.3, -0.25) is 4.79 Å². The average Bonchev–Trinajstić information content (AvgIpc) is 2.42. The molecule has 0 saturated heterocycles. The molecule has 18 heavy (non-hydrogen) atoms. The summed E-state index contributed by atoms with van der Waals surface area (Å²) >= 11 is 0. The summed E-state index contributed by atoms with van der Waals surface area (Å²) in [6.07, 6.45) is 2.02. The Labute approximate surface area is 106 Å². The van der Waals surface area contributed by atoms with E-state index in [9.17, 15) is 4.79 Å². The van der Waals surface area contributed by atoms with Gasteiger partial charge in [0.05, 0.1) is 6.20 Å². The van der Waals surface area contributed by atoms with Crippen molar-refractivity contribution < 1.29 is 9.53 Å². The summed E-state index contributed by atoms with van der Waals surface area (Å²) in [5, 5.41) is 2.68. The molecule has 4 nitrogen and oxygen atoms in total. The molecular formula is C14H14N2O2. The van der Waals surface area contributed by atoms with E-state index in [1.54, 1.807) is 25.3 Å². The quantitative estimate of drug-likeness (QED) is 0.895. The number of amides is 1. The van der Waals surface area contributed by atoms with E-state index in [1.807, 2.05) is 30.3 Å². The first-order valence-corrected chi connectivity index (χ1v) is 5.76. The van der Waals surface area contributed by atoms with Gasteiger partial charge in [-0.05, 0) is 24.3 Å². The zero-order chi connectivity index (χ0) is 12.8. The Bertz CT molecular complexity index is 509. The lowest BCUT2D eigenvalue weighted by Gasteiger charge is -2.06. The third-order valence-corrected chi connectivity index (χ3v) is 2.30. The first-order valence-electron chi connectivity index (χ1n) is 5.76. The molecule has 0 aliphatic heterocycles. The molecule has 1 amide bonds. The summed E-state index contributed by atoms with van der Waals surface area (Å²) in [4.78, 5) is 15.3.